The molecule has 0 spiro atoms. The molecule has 0 bridgehead atoms. The third-order valence-corrected chi connectivity index (χ3v) is 5.35. The van der Waals surface area contributed by atoms with Crippen LogP contribution >= 0.6 is 11.6 Å². The van der Waals surface area contributed by atoms with Crippen molar-refractivity contribution in [3.05, 3.63) is 107 Å². The molecule has 0 radical (unpaired) electrons. The predicted octanol–water partition coefficient (Wildman–Crippen LogP) is 5.99. The highest BCUT2D eigenvalue weighted by molar-refractivity contribution is 6.33. The Bertz CT molecular complexity index is 1170. The quantitative estimate of drug-likeness (QED) is 0.435. The van der Waals surface area contributed by atoms with Crippen molar-refractivity contribution in [1.82, 2.24) is 15.1 Å². The van der Waals surface area contributed by atoms with Crippen LogP contribution in [0.25, 0.3) is 16.9 Å². The van der Waals surface area contributed by atoms with Gasteiger partial charge in [0.1, 0.15) is 5.69 Å². The number of aromatic nitrogens is 2. The Labute approximate surface area is 181 Å². The van der Waals surface area contributed by atoms with Crippen LogP contribution in [0.2, 0.25) is 5.02 Å². The van der Waals surface area contributed by atoms with Gasteiger partial charge < -0.3 is 5.32 Å². The fourth-order valence-corrected chi connectivity index (χ4v) is 3.55. The lowest BCUT2D eigenvalue weighted by Gasteiger charge is -2.15. The van der Waals surface area contributed by atoms with Crippen molar-refractivity contribution in [2.24, 2.45) is 0 Å². The van der Waals surface area contributed by atoms with E-state index in [1.54, 1.807) is 10.7 Å². The van der Waals surface area contributed by atoms with Gasteiger partial charge in [-0.3, -0.25) is 4.79 Å². The monoisotopic (exact) mass is 415 g/mol. The molecule has 0 aliphatic rings. The zero-order valence-corrected chi connectivity index (χ0v) is 17.6. The fourth-order valence-electron chi connectivity index (χ4n) is 3.32. The van der Waals surface area contributed by atoms with Crippen LogP contribution in [0.3, 0.4) is 0 Å². The molecule has 30 heavy (non-hydrogen) atoms. The summed E-state index contributed by atoms with van der Waals surface area (Å²) in [6, 6.07) is 26.9. The Morgan fingerprint density at radius 2 is 1.63 bits per heavy atom. The number of halogens is 1. The second kappa shape index (κ2) is 8.56. The molecule has 0 fully saturated rings. The number of aryl methyl sites for hydroxylation is 1. The standard InChI is InChI=1S/C25H22ClN3O/c1-17-12-14-20(15-13-17)29-24(16-23(28-29)21-10-6-7-11-22(21)26)25(30)27-18(2)19-8-4-3-5-9-19/h3-16,18H,1-2H3,(H,27,30)/t18-/m1/s1. The van der Waals surface area contributed by atoms with Gasteiger partial charge in [-0.25, -0.2) is 4.68 Å². The van der Waals surface area contributed by atoms with Crippen molar-refractivity contribution in [1.29, 1.82) is 0 Å². The van der Waals surface area contributed by atoms with E-state index < -0.39 is 0 Å². The predicted molar refractivity (Wildman–Crippen MR) is 121 cm³/mol. The maximum atomic E-state index is 13.2. The van der Waals surface area contributed by atoms with Crippen molar-refractivity contribution in [3.8, 4) is 16.9 Å². The maximum Gasteiger partial charge on any atom is 0.270 e. The van der Waals surface area contributed by atoms with Gasteiger partial charge in [0.15, 0.2) is 0 Å². The lowest BCUT2D eigenvalue weighted by molar-refractivity contribution is 0.0932. The van der Waals surface area contributed by atoms with Gasteiger partial charge >= 0.3 is 0 Å². The van der Waals surface area contributed by atoms with Crippen molar-refractivity contribution >= 4 is 17.5 Å². The number of carbonyl (C=O) groups excluding carboxylic acids is 1. The van der Waals surface area contributed by atoms with E-state index in [2.05, 4.69) is 5.32 Å². The van der Waals surface area contributed by atoms with Gasteiger partial charge in [0.25, 0.3) is 5.91 Å². The van der Waals surface area contributed by atoms with Gasteiger partial charge in [0, 0.05) is 5.56 Å². The molecule has 3 aromatic carbocycles. The average molecular weight is 416 g/mol. The van der Waals surface area contributed by atoms with E-state index in [9.17, 15) is 4.79 Å². The van der Waals surface area contributed by atoms with Crippen LogP contribution in [-0.4, -0.2) is 15.7 Å². The lowest BCUT2D eigenvalue weighted by atomic mass is 10.1. The largest absolute Gasteiger partial charge is 0.344 e. The minimum atomic E-state index is -0.197. The summed E-state index contributed by atoms with van der Waals surface area (Å²) in [4.78, 5) is 13.2. The Balaban J connectivity index is 1.74. The van der Waals surface area contributed by atoms with Crippen LogP contribution < -0.4 is 5.32 Å². The smallest absolute Gasteiger partial charge is 0.270 e. The van der Waals surface area contributed by atoms with Gasteiger partial charge in [-0.2, -0.15) is 5.10 Å². The molecule has 1 N–H and O–H groups in total. The summed E-state index contributed by atoms with van der Waals surface area (Å²) < 4.78 is 1.67. The molecule has 0 unspecified atom stereocenters. The molecule has 1 heterocycles. The van der Waals surface area contributed by atoms with E-state index in [0.717, 1.165) is 22.4 Å². The Kier molecular flexibility index (Phi) is 5.68. The first kappa shape index (κ1) is 19.9. The fraction of sp³-hybridized carbons (Fsp3) is 0.120. The van der Waals surface area contributed by atoms with Gasteiger partial charge in [-0.1, -0.05) is 77.8 Å². The van der Waals surface area contributed by atoms with Crippen molar-refractivity contribution in [2.45, 2.75) is 19.9 Å². The van der Waals surface area contributed by atoms with Gasteiger partial charge in [0.2, 0.25) is 0 Å². The molecule has 0 aliphatic heterocycles. The van der Waals surface area contributed by atoms with Gasteiger partial charge in [0.05, 0.1) is 22.4 Å². The first-order valence-electron chi connectivity index (χ1n) is 9.81. The number of hydrogen-bond acceptors (Lipinski definition) is 2. The number of nitrogens with zero attached hydrogens (tertiary/aromatic N) is 2. The zero-order valence-electron chi connectivity index (χ0n) is 16.8. The van der Waals surface area contributed by atoms with Crippen LogP contribution in [0.1, 0.15) is 34.6 Å². The van der Waals surface area contributed by atoms with Gasteiger partial charge in [-0.05, 0) is 43.7 Å². The summed E-state index contributed by atoms with van der Waals surface area (Å²) >= 11 is 6.38. The molecule has 1 atom stereocenters. The molecule has 0 aliphatic carbocycles. The molecule has 150 valence electrons. The highest BCUT2D eigenvalue weighted by Crippen LogP contribution is 2.28. The molecule has 0 saturated heterocycles. The third-order valence-electron chi connectivity index (χ3n) is 5.02. The molecular weight excluding hydrogens is 394 g/mol. The van der Waals surface area contributed by atoms with Gasteiger partial charge in [-0.15, -0.1) is 0 Å². The maximum absolute atomic E-state index is 13.2. The summed E-state index contributed by atoms with van der Waals surface area (Å²) in [5, 5.41) is 8.39. The highest BCUT2D eigenvalue weighted by atomic mass is 35.5. The topological polar surface area (TPSA) is 46.9 Å². The van der Waals surface area contributed by atoms with Crippen molar-refractivity contribution in [3.63, 3.8) is 0 Å². The molecule has 1 amide bonds. The third kappa shape index (κ3) is 4.14. The Morgan fingerprint density at radius 1 is 0.967 bits per heavy atom. The summed E-state index contributed by atoms with van der Waals surface area (Å²) in [6.45, 7) is 3.99. The number of rotatable bonds is 5. The lowest BCUT2D eigenvalue weighted by Crippen LogP contribution is -2.28. The van der Waals surface area contributed by atoms with Crippen LogP contribution in [0.5, 0.6) is 0 Å². The molecule has 4 nitrogen and oxygen atoms in total. The molecule has 5 heteroatoms. The minimum Gasteiger partial charge on any atom is -0.344 e. The molecule has 4 aromatic rings. The van der Waals surface area contributed by atoms with E-state index in [0.29, 0.717) is 16.4 Å². The average Bonchev–Trinajstić information content (AvgIpc) is 3.20. The minimum absolute atomic E-state index is 0.135. The van der Waals surface area contributed by atoms with Crippen LogP contribution in [-0.2, 0) is 0 Å². The SMILES string of the molecule is Cc1ccc(-n2nc(-c3ccccc3Cl)cc2C(=O)N[C@H](C)c2ccccc2)cc1. The van der Waals surface area contributed by atoms with Crippen LogP contribution in [0, 0.1) is 6.92 Å². The number of nitrogens with one attached hydrogen (secondary N) is 1. The normalized spacial score (nSPS) is 11.8. The van der Waals surface area contributed by atoms with E-state index in [1.165, 1.54) is 0 Å². The number of carbonyl (C=O) groups is 1. The molecular formula is C25H22ClN3O. The number of amides is 1. The van der Waals surface area contributed by atoms with E-state index >= 15 is 0 Å². The zero-order chi connectivity index (χ0) is 21.1. The number of hydrogen-bond donors (Lipinski definition) is 1. The highest BCUT2D eigenvalue weighted by Gasteiger charge is 2.20. The first-order valence-corrected chi connectivity index (χ1v) is 10.2. The van der Waals surface area contributed by atoms with E-state index in [1.807, 2.05) is 92.7 Å². The van der Waals surface area contributed by atoms with E-state index in [-0.39, 0.29) is 11.9 Å². The second-order valence-electron chi connectivity index (χ2n) is 7.25. The molecule has 1 aromatic heterocycles. The van der Waals surface area contributed by atoms with Crippen LogP contribution in [0.15, 0.2) is 84.9 Å². The van der Waals surface area contributed by atoms with Crippen molar-refractivity contribution in [2.75, 3.05) is 0 Å². The summed E-state index contributed by atoms with van der Waals surface area (Å²) in [6.07, 6.45) is 0. The summed E-state index contributed by atoms with van der Waals surface area (Å²) in [5.74, 6) is -0.197. The van der Waals surface area contributed by atoms with E-state index in [4.69, 9.17) is 16.7 Å². The summed E-state index contributed by atoms with van der Waals surface area (Å²) in [7, 11) is 0. The molecule has 4 rings (SSSR count). The number of benzene rings is 3. The first-order chi connectivity index (χ1) is 14.5. The van der Waals surface area contributed by atoms with Crippen LogP contribution in [0.4, 0.5) is 0 Å². The Hall–Kier alpha value is -3.37. The second-order valence-corrected chi connectivity index (χ2v) is 7.66. The molecule has 0 saturated carbocycles. The Morgan fingerprint density at radius 3 is 2.33 bits per heavy atom. The van der Waals surface area contributed by atoms with Crippen molar-refractivity contribution < 1.29 is 4.79 Å². The summed E-state index contributed by atoms with van der Waals surface area (Å²) in [5.41, 5.74) is 4.89.